The van der Waals surface area contributed by atoms with E-state index in [1.165, 1.54) is 24.8 Å². The molecule has 0 spiro atoms. The third-order valence-electron chi connectivity index (χ3n) is 3.89. The van der Waals surface area contributed by atoms with Crippen LogP contribution in [0.5, 0.6) is 0 Å². The Labute approximate surface area is 114 Å². The summed E-state index contributed by atoms with van der Waals surface area (Å²) in [7, 11) is 2.04. The summed E-state index contributed by atoms with van der Waals surface area (Å²) in [6, 6.07) is 6.57. The molecule has 1 N–H and O–H groups in total. The summed E-state index contributed by atoms with van der Waals surface area (Å²) in [4.78, 5) is 0. The van der Waals surface area contributed by atoms with Gasteiger partial charge in [-0.2, -0.15) is 0 Å². The smallest absolute Gasteiger partial charge is 0.0624 e. The fourth-order valence-electron chi connectivity index (χ4n) is 2.87. The van der Waals surface area contributed by atoms with E-state index in [9.17, 15) is 0 Å². The second-order valence-corrected chi connectivity index (χ2v) is 6.21. The summed E-state index contributed by atoms with van der Waals surface area (Å²) < 4.78 is 0. The van der Waals surface area contributed by atoms with E-state index in [0.29, 0.717) is 16.5 Å². The van der Waals surface area contributed by atoms with E-state index in [4.69, 9.17) is 23.2 Å². The molecule has 0 bridgehead atoms. The molecule has 1 saturated carbocycles. The highest BCUT2D eigenvalue weighted by Crippen LogP contribution is 2.42. The largest absolute Gasteiger partial charge is 0.317 e. The zero-order valence-electron chi connectivity index (χ0n) is 10.4. The highest BCUT2D eigenvalue weighted by atomic mass is 35.5. The van der Waals surface area contributed by atoms with E-state index in [1.807, 2.05) is 19.2 Å². The van der Waals surface area contributed by atoms with E-state index in [0.717, 1.165) is 11.4 Å². The van der Waals surface area contributed by atoms with Crippen molar-refractivity contribution in [2.75, 3.05) is 7.05 Å². The Bertz CT molecular complexity index is 405. The van der Waals surface area contributed by atoms with Gasteiger partial charge >= 0.3 is 0 Å². The Hall–Kier alpha value is -0.240. The van der Waals surface area contributed by atoms with Crippen LogP contribution >= 0.6 is 23.2 Å². The maximum atomic E-state index is 6.26. The minimum absolute atomic E-state index is 0.349. The maximum Gasteiger partial charge on any atom is 0.0624 e. The first kappa shape index (κ1) is 13.2. The van der Waals surface area contributed by atoms with Crippen molar-refractivity contribution < 1.29 is 0 Å². The molecule has 3 heteroatoms. The topological polar surface area (TPSA) is 12.0 Å². The van der Waals surface area contributed by atoms with Gasteiger partial charge in [-0.25, -0.2) is 0 Å². The average molecular weight is 272 g/mol. The van der Waals surface area contributed by atoms with Crippen LogP contribution in [0.3, 0.4) is 0 Å². The summed E-state index contributed by atoms with van der Waals surface area (Å²) in [5.74, 6) is 0. The molecule has 2 unspecified atom stereocenters. The van der Waals surface area contributed by atoms with E-state index >= 15 is 0 Å². The summed E-state index contributed by atoms with van der Waals surface area (Å²) in [6.45, 7) is 2.35. The fraction of sp³-hybridized carbons (Fsp3) is 0.571. The number of benzene rings is 1. The lowest BCUT2D eigenvalue weighted by Crippen LogP contribution is -2.24. The molecule has 0 aromatic heterocycles. The van der Waals surface area contributed by atoms with Crippen molar-refractivity contribution in [2.24, 2.45) is 5.41 Å². The standard InChI is InChI=1S/C14H19Cl2N/c1-14(7-6-11(9-14)17-2)8-10-4-3-5-12(15)13(10)16/h3-5,11,17H,6-9H2,1-2H3. The molecule has 2 rings (SSSR count). The van der Waals surface area contributed by atoms with Crippen molar-refractivity contribution in [2.45, 2.75) is 38.6 Å². The van der Waals surface area contributed by atoms with Gasteiger partial charge in [0.25, 0.3) is 0 Å². The van der Waals surface area contributed by atoms with Crippen molar-refractivity contribution >= 4 is 23.2 Å². The molecule has 94 valence electrons. The van der Waals surface area contributed by atoms with Crippen molar-refractivity contribution in [3.63, 3.8) is 0 Å². The van der Waals surface area contributed by atoms with Gasteiger partial charge in [0.2, 0.25) is 0 Å². The molecule has 1 aromatic rings. The van der Waals surface area contributed by atoms with Gasteiger partial charge in [0, 0.05) is 6.04 Å². The first-order valence-corrected chi connectivity index (χ1v) is 6.90. The number of halogens is 2. The van der Waals surface area contributed by atoms with Crippen LogP contribution in [0, 0.1) is 5.41 Å². The van der Waals surface area contributed by atoms with Crippen molar-refractivity contribution in [3.8, 4) is 0 Å². The summed E-state index contributed by atoms with van der Waals surface area (Å²) in [6.07, 6.45) is 4.74. The minimum Gasteiger partial charge on any atom is -0.317 e. The fourth-order valence-corrected chi connectivity index (χ4v) is 3.26. The molecule has 1 aromatic carbocycles. The highest BCUT2D eigenvalue weighted by Gasteiger charge is 2.34. The molecule has 0 aliphatic heterocycles. The van der Waals surface area contributed by atoms with Crippen LogP contribution in [0.2, 0.25) is 10.0 Å². The Kier molecular flexibility index (Phi) is 4.02. The number of hydrogen-bond acceptors (Lipinski definition) is 1. The molecule has 17 heavy (non-hydrogen) atoms. The monoisotopic (exact) mass is 271 g/mol. The third-order valence-corrected chi connectivity index (χ3v) is 4.75. The lowest BCUT2D eigenvalue weighted by Gasteiger charge is -2.25. The molecule has 0 radical (unpaired) electrons. The van der Waals surface area contributed by atoms with Crippen molar-refractivity contribution in [1.29, 1.82) is 0 Å². The maximum absolute atomic E-state index is 6.26. The predicted molar refractivity (Wildman–Crippen MR) is 75.0 cm³/mol. The van der Waals surface area contributed by atoms with E-state index < -0.39 is 0 Å². The zero-order valence-corrected chi connectivity index (χ0v) is 11.9. The number of hydrogen-bond donors (Lipinski definition) is 1. The second-order valence-electron chi connectivity index (χ2n) is 5.43. The van der Waals surface area contributed by atoms with Crippen LogP contribution in [0.15, 0.2) is 18.2 Å². The zero-order chi connectivity index (χ0) is 12.5. The molecule has 1 fully saturated rings. The molecule has 0 saturated heterocycles. The van der Waals surface area contributed by atoms with Crippen LogP contribution in [0.4, 0.5) is 0 Å². The molecule has 0 heterocycles. The lowest BCUT2D eigenvalue weighted by molar-refractivity contribution is 0.324. The Morgan fingerprint density at radius 2 is 2.18 bits per heavy atom. The molecule has 1 aliphatic carbocycles. The van der Waals surface area contributed by atoms with E-state index in [-0.39, 0.29) is 0 Å². The van der Waals surface area contributed by atoms with Gasteiger partial charge in [-0.15, -0.1) is 0 Å². The molecule has 1 nitrogen and oxygen atoms in total. The predicted octanol–water partition coefficient (Wildman–Crippen LogP) is 4.31. The average Bonchev–Trinajstić information content (AvgIpc) is 2.67. The first-order chi connectivity index (χ1) is 8.04. The van der Waals surface area contributed by atoms with E-state index in [2.05, 4.69) is 18.3 Å². The highest BCUT2D eigenvalue weighted by molar-refractivity contribution is 6.42. The van der Waals surface area contributed by atoms with Gasteiger partial charge in [0.05, 0.1) is 10.0 Å². The van der Waals surface area contributed by atoms with Crippen LogP contribution in [0.25, 0.3) is 0 Å². The summed E-state index contributed by atoms with van der Waals surface area (Å²) in [5.41, 5.74) is 1.53. The Morgan fingerprint density at radius 3 is 2.82 bits per heavy atom. The molecule has 2 atom stereocenters. The van der Waals surface area contributed by atoms with Crippen molar-refractivity contribution in [1.82, 2.24) is 5.32 Å². The van der Waals surface area contributed by atoms with Crippen LogP contribution in [-0.4, -0.2) is 13.1 Å². The SMILES string of the molecule is CNC1CCC(C)(Cc2cccc(Cl)c2Cl)C1. The van der Waals surface area contributed by atoms with Crippen LogP contribution in [0.1, 0.15) is 31.7 Å². The van der Waals surface area contributed by atoms with Gasteiger partial charge in [-0.05, 0) is 49.8 Å². The second kappa shape index (κ2) is 5.17. The minimum atomic E-state index is 0.349. The van der Waals surface area contributed by atoms with Gasteiger partial charge in [-0.1, -0.05) is 42.3 Å². The van der Waals surface area contributed by atoms with Gasteiger partial charge in [-0.3, -0.25) is 0 Å². The molecular formula is C14H19Cl2N. The Morgan fingerprint density at radius 1 is 1.41 bits per heavy atom. The lowest BCUT2D eigenvalue weighted by atomic mass is 9.82. The number of nitrogens with one attached hydrogen (secondary N) is 1. The van der Waals surface area contributed by atoms with Crippen molar-refractivity contribution in [3.05, 3.63) is 33.8 Å². The molecular weight excluding hydrogens is 253 g/mol. The first-order valence-electron chi connectivity index (χ1n) is 6.14. The molecule has 0 amide bonds. The van der Waals surface area contributed by atoms with Crippen LogP contribution < -0.4 is 5.32 Å². The Balaban J connectivity index is 2.13. The normalized spacial score (nSPS) is 28.6. The quantitative estimate of drug-likeness (QED) is 0.864. The van der Waals surface area contributed by atoms with Crippen LogP contribution in [-0.2, 0) is 6.42 Å². The van der Waals surface area contributed by atoms with E-state index in [1.54, 1.807) is 0 Å². The molecule has 1 aliphatic rings. The van der Waals surface area contributed by atoms with Gasteiger partial charge in [0.1, 0.15) is 0 Å². The van der Waals surface area contributed by atoms with Gasteiger partial charge in [0.15, 0.2) is 0 Å². The third kappa shape index (κ3) is 2.96. The summed E-state index contributed by atoms with van der Waals surface area (Å²) in [5, 5.41) is 4.76. The summed E-state index contributed by atoms with van der Waals surface area (Å²) >= 11 is 12.3. The number of rotatable bonds is 3. The van der Waals surface area contributed by atoms with Gasteiger partial charge < -0.3 is 5.32 Å².